The van der Waals surface area contributed by atoms with Gasteiger partial charge in [-0.25, -0.2) is 4.98 Å². The molecule has 0 radical (unpaired) electrons. The molecular weight excluding hydrogens is 240 g/mol. The summed E-state index contributed by atoms with van der Waals surface area (Å²) in [5.41, 5.74) is 10.4. The summed E-state index contributed by atoms with van der Waals surface area (Å²) < 4.78 is 1.24. The molecule has 0 unspecified atom stereocenters. The van der Waals surface area contributed by atoms with Gasteiger partial charge in [0.25, 0.3) is 0 Å². The number of thiazole rings is 1. The summed E-state index contributed by atoms with van der Waals surface area (Å²) in [5.74, 6) is 0. The zero-order valence-corrected chi connectivity index (χ0v) is 11.0. The first kappa shape index (κ1) is 11.4. The first-order valence-corrected chi connectivity index (χ1v) is 6.74. The van der Waals surface area contributed by atoms with Crippen LogP contribution < -0.4 is 5.73 Å². The van der Waals surface area contributed by atoms with Gasteiger partial charge in [-0.05, 0) is 41.8 Å². The second-order valence-corrected chi connectivity index (χ2v) is 5.55. The van der Waals surface area contributed by atoms with Crippen LogP contribution in [0.4, 0.5) is 0 Å². The summed E-state index contributed by atoms with van der Waals surface area (Å²) >= 11 is 1.74. The fourth-order valence-electron chi connectivity index (χ4n) is 2.10. The van der Waals surface area contributed by atoms with Gasteiger partial charge in [-0.2, -0.15) is 0 Å². The van der Waals surface area contributed by atoms with Gasteiger partial charge in [0.05, 0.1) is 15.2 Å². The Morgan fingerprint density at radius 3 is 2.78 bits per heavy atom. The van der Waals surface area contributed by atoms with E-state index in [0.717, 1.165) is 16.1 Å². The van der Waals surface area contributed by atoms with Gasteiger partial charge in [-0.1, -0.05) is 24.3 Å². The summed E-state index contributed by atoms with van der Waals surface area (Å²) in [7, 11) is 0. The molecular formula is C15H14N2S. The molecule has 3 heteroatoms. The number of hydrogen-bond acceptors (Lipinski definition) is 3. The summed E-state index contributed by atoms with van der Waals surface area (Å²) in [5, 5.41) is 1.11. The van der Waals surface area contributed by atoms with E-state index in [1.165, 1.54) is 15.8 Å². The summed E-state index contributed by atoms with van der Waals surface area (Å²) in [6.45, 7) is 2.62. The Hall–Kier alpha value is -1.71. The third-order valence-corrected chi connectivity index (χ3v) is 3.92. The van der Waals surface area contributed by atoms with E-state index >= 15 is 0 Å². The molecule has 0 bridgehead atoms. The Kier molecular flexibility index (Phi) is 2.86. The Balaban J connectivity index is 2.12. The quantitative estimate of drug-likeness (QED) is 0.756. The molecule has 2 nitrogen and oxygen atoms in total. The first-order chi connectivity index (χ1) is 8.76. The number of hydrogen-bond donors (Lipinski definition) is 1. The van der Waals surface area contributed by atoms with Crippen molar-refractivity contribution >= 4 is 21.6 Å². The highest BCUT2D eigenvalue weighted by Crippen LogP contribution is 2.28. The van der Waals surface area contributed by atoms with Gasteiger partial charge in [0.15, 0.2) is 0 Å². The van der Waals surface area contributed by atoms with Crippen LogP contribution in [0.1, 0.15) is 10.6 Å². The average Bonchev–Trinajstić information content (AvgIpc) is 2.77. The molecule has 1 aromatic heterocycles. The summed E-state index contributed by atoms with van der Waals surface area (Å²) in [4.78, 5) is 4.48. The Bertz CT molecular complexity index is 701. The second kappa shape index (κ2) is 4.52. The zero-order valence-electron chi connectivity index (χ0n) is 10.2. The van der Waals surface area contributed by atoms with Crippen molar-refractivity contribution in [2.45, 2.75) is 13.5 Å². The first-order valence-electron chi connectivity index (χ1n) is 5.93. The fraction of sp³-hybridized carbons (Fsp3) is 0.133. The molecule has 0 amide bonds. The van der Waals surface area contributed by atoms with Gasteiger partial charge in [0.2, 0.25) is 0 Å². The largest absolute Gasteiger partial charge is 0.326 e. The lowest BCUT2D eigenvalue weighted by Gasteiger charge is -2.04. The van der Waals surface area contributed by atoms with Crippen LogP contribution in [0.5, 0.6) is 0 Å². The predicted molar refractivity (Wildman–Crippen MR) is 77.7 cm³/mol. The van der Waals surface area contributed by atoms with E-state index in [1.54, 1.807) is 11.3 Å². The topological polar surface area (TPSA) is 38.9 Å². The number of aryl methyl sites for hydroxylation is 1. The maximum absolute atomic E-state index is 5.68. The van der Waals surface area contributed by atoms with Gasteiger partial charge >= 0.3 is 0 Å². The van der Waals surface area contributed by atoms with E-state index < -0.39 is 0 Å². The number of benzene rings is 2. The smallest absolute Gasteiger partial charge is 0.0907 e. The van der Waals surface area contributed by atoms with Crippen molar-refractivity contribution in [2.24, 2.45) is 5.73 Å². The highest BCUT2D eigenvalue weighted by molar-refractivity contribution is 7.18. The van der Waals surface area contributed by atoms with Gasteiger partial charge in [-0.15, -0.1) is 11.3 Å². The summed E-state index contributed by atoms with van der Waals surface area (Å²) in [6, 6.07) is 14.8. The van der Waals surface area contributed by atoms with Gasteiger partial charge in [0.1, 0.15) is 0 Å². The third-order valence-electron chi connectivity index (χ3n) is 2.99. The van der Waals surface area contributed by atoms with Crippen LogP contribution in [-0.4, -0.2) is 4.98 Å². The van der Waals surface area contributed by atoms with E-state index in [1.807, 2.05) is 6.92 Å². The molecule has 0 aliphatic heterocycles. The van der Waals surface area contributed by atoms with E-state index in [9.17, 15) is 0 Å². The molecule has 2 N–H and O–H groups in total. The van der Waals surface area contributed by atoms with Crippen LogP contribution in [-0.2, 0) is 6.54 Å². The zero-order chi connectivity index (χ0) is 12.5. The van der Waals surface area contributed by atoms with Crippen LogP contribution in [0.2, 0.25) is 0 Å². The molecule has 3 aromatic rings. The lowest BCUT2D eigenvalue weighted by Crippen LogP contribution is -1.95. The lowest BCUT2D eigenvalue weighted by molar-refractivity contribution is 1.07. The van der Waals surface area contributed by atoms with E-state index in [0.29, 0.717) is 6.54 Å². The van der Waals surface area contributed by atoms with Crippen LogP contribution in [0.3, 0.4) is 0 Å². The number of aromatic nitrogens is 1. The minimum absolute atomic E-state index is 0.579. The van der Waals surface area contributed by atoms with E-state index in [4.69, 9.17) is 5.73 Å². The van der Waals surface area contributed by atoms with Gasteiger partial charge in [-0.3, -0.25) is 0 Å². The standard InChI is InChI=1S/C15H14N2S/c1-10-17-14-6-5-13(8-15(14)18-10)12-4-2-3-11(7-12)9-16/h2-8H,9,16H2,1H3. The molecule has 0 saturated carbocycles. The van der Waals surface area contributed by atoms with Crippen LogP contribution in [0, 0.1) is 6.92 Å². The van der Waals surface area contributed by atoms with Crippen molar-refractivity contribution in [1.82, 2.24) is 4.98 Å². The number of fused-ring (bicyclic) bond motifs is 1. The molecule has 2 aromatic carbocycles. The van der Waals surface area contributed by atoms with Crippen molar-refractivity contribution in [1.29, 1.82) is 0 Å². The molecule has 3 rings (SSSR count). The SMILES string of the molecule is Cc1nc2ccc(-c3cccc(CN)c3)cc2s1. The van der Waals surface area contributed by atoms with Crippen LogP contribution in [0.15, 0.2) is 42.5 Å². The minimum atomic E-state index is 0.579. The lowest BCUT2D eigenvalue weighted by atomic mass is 10.0. The average molecular weight is 254 g/mol. The number of nitrogens with two attached hydrogens (primary N) is 1. The molecule has 0 aliphatic rings. The molecule has 0 spiro atoms. The van der Waals surface area contributed by atoms with Crippen LogP contribution >= 0.6 is 11.3 Å². The molecule has 18 heavy (non-hydrogen) atoms. The highest BCUT2D eigenvalue weighted by Gasteiger charge is 2.04. The molecule has 0 aliphatic carbocycles. The van der Waals surface area contributed by atoms with E-state index in [2.05, 4.69) is 47.4 Å². The second-order valence-electron chi connectivity index (χ2n) is 4.32. The maximum Gasteiger partial charge on any atom is 0.0907 e. The maximum atomic E-state index is 5.68. The Morgan fingerprint density at radius 1 is 1.11 bits per heavy atom. The van der Waals surface area contributed by atoms with Crippen molar-refractivity contribution in [3.8, 4) is 11.1 Å². The third kappa shape index (κ3) is 2.03. The number of rotatable bonds is 2. The molecule has 90 valence electrons. The van der Waals surface area contributed by atoms with Crippen molar-refractivity contribution < 1.29 is 0 Å². The molecule has 1 heterocycles. The summed E-state index contributed by atoms with van der Waals surface area (Å²) in [6.07, 6.45) is 0. The molecule has 0 atom stereocenters. The van der Waals surface area contributed by atoms with Gasteiger partial charge in [0, 0.05) is 6.54 Å². The Morgan fingerprint density at radius 2 is 1.94 bits per heavy atom. The van der Waals surface area contributed by atoms with Gasteiger partial charge < -0.3 is 5.73 Å². The van der Waals surface area contributed by atoms with E-state index in [-0.39, 0.29) is 0 Å². The van der Waals surface area contributed by atoms with Crippen LogP contribution in [0.25, 0.3) is 21.3 Å². The highest BCUT2D eigenvalue weighted by atomic mass is 32.1. The molecule has 0 saturated heterocycles. The number of nitrogens with zero attached hydrogens (tertiary/aromatic N) is 1. The van der Waals surface area contributed by atoms with Crippen molar-refractivity contribution in [3.05, 3.63) is 53.0 Å². The normalized spacial score (nSPS) is 11.0. The fourth-order valence-corrected chi connectivity index (χ4v) is 2.96. The predicted octanol–water partition coefficient (Wildman–Crippen LogP) is 3.73. The Labute approximate surface area is 110 Å². The van der Waals surface area contributed by atoms with Crippen molar-refractivity contribution in [3.63, 3.8) is 0 Å². The minimum Gasteiger partial charge on any atom is -0.326 e. The van der Waals surface area contributed by atoms with Crippen molar-refractivity contribution in [2.75, 3.05) is 0 Å². The monoisotopic (exact) mass is 254 g/mol. The molecule has 0 fully saturated rings.